The van der Waals surface area contributed by atoms with E-state index in [0.29, 0.717) is 5.71 Å². The van der Waals surface area contributed by atoms with Crippen LogP contribution in [0, 0.1) is 6.92 Å². The largest absolute Gasteiger partial charge is 0.436 e. The fraction of sp³-hybridized carbons (Fsp3) is 0.167. The van der Waals surface area contributed by atoms with Gasteiger partial charge in [-0.25, -0.2) is 9.55 Å². The van der Waals surface area contributed by atoms with Crippen molar-refractivity contribution in [3.05, 3.63) is 77.7 Å². The molecule has 0 atom stereocenters. The van der Waals surface area contributed by atoms with Gasteiger partial charge in [0.15, 0.2) is 17.6 Å². The molecule has 0 fully saturated rings. The SMILES string of the molecule is CC1=Cc2oc3ncccc3c2N(C)B1c1cc(C)c(-c2ccccc2)c[n+]1C. The molecule has 29 heavy (non-hydrogen) atoms. The summed E-state index contributed by atoms with van der Waals surface area (Å²) in [5.74, 6) is 0.884. The van der Waals surface area contributed by atoms with Gasteiger partial charge in [-0.15, -0.1) is 0 Å². The molecule has 0 unspecified atom stereocenters. The van der Waals surface area contributed by atoms with Crippen molar-refractivity contribution in [2.75, 3.05) is 11.9 Å². The molecule has 142 valence electrons. The lowest BCUT2D eigenvalue weighted by molar-refractivity contribution is -0.653. The first-order valence-electron chi connectivity index (χ1n) is 9.88. The van der Waals surface area contributed by atoms with Crippen LogP contribution in [0.15, 0.2) is 70.8 Å². The Kier molecular flexibility index (Phi) is 4.05. The maximum atomic E-state index is 6.01. The number of nitrogens with zero attached hydrogens (tertiary/aromatic N) is 3. The van der Waals surface area contributed by atoms with Crippen LogP contribution in [0.3, 0.4) is 0 Å². The molecule has 5 heteroatoms. The highest BCUT2D eigenvalue weighted by atomic mass is 16.3. The van der Waals surface area contributed by atoms with Crippen LogP contribution in [0.5, 0.6) is 0 Å². The van der Waals surface area contributed by atoms with Gasteiger partial charge in [0.05, 0.1) is 11.1 Å². The van der Waals surface area contributed by atoms with E-state index in [1.165, 1.54) is 27.8 Å². The Labute approximate surface area is 171 Å². The van der Waals surface area contributed by atoms with Crippen LogP contribution in [-0.4, -0.2) is 18.9 Å². The molecule has 0 radical (unpaired) electrons. The van der Waals surface area contributed by atoms with Crippen LogP contribution in [0.25, 0.3) is 28.3 Å². The van der Waals surface area contributed by atoms with Crippen LogP contribution in [0.4, 0.5) is 5.69 Å². The van der Waals surface area contributed by atoms with Crippen molar-refractivity contribution in [3.8, 4) is 11.1 Å². The van der Waals surface area contributed by atoms with Crippen LogP contribution in [-0.2, 0) is 7.05 Å². The van der Waals surface area contributed by atoms with Crippen LogP contribution in [0.1, 0.15) is 18.2 Å². The highest BCUT2D eigenvalue weighted by Gasteiger charge is 2.39. The molecule has 0 saturated heterocycles. The first-order chi connectivity index (χ1) is 14.0. The summed E-state index contributed by atoms with van der Waals surface area (Å²) < 4.78 is 8.26. The lowest BCUT2D eigenvalue weighted by atomic mass is 9.49. The van der Waals surface area contributed by atoms with E-state index < -0.39 is 0 Å². The molecule has 0 N–H and O–H groups in total. The van der Waals surface area contributed by atoms with E-state index >= 15 is 0 Å². The van der Waals surface area contributed by atoms with E-state index in [1.54, 1.807) is 6.20 Å². The van der Waals surface area contributed by atoms with Crippen molar-refractivity contribution < 1.29 is 8.98 Å². The van der Waals surface area contributed by atoms with E-state index in [0.717, 1.165) is 16.8 Å². The minimum Gasteiger partial charge on any atom is -0.436 e. The Bertz CT molecular complexity index is 1260. The van der Waals surface area contributed by atoms with Gasteiger partial charge in [0.25, 0.3) is 0 Å². The van der Waals surface area contributed by atoms with Gasteiger partial charge < -0.3 is 9.23 Å². The van der Waals surface area contributed by atoms with Crippen molar-refractivity contribution in [3.63, 3.8) is 0 Å². The average Bonchev–Trinajstić information content (AvgIpc) is 3.09. The number of pyridine rings is 2. The van der Waals surface area contributed by atoms with Crippen molar-refractivity contribution in [1.29, 1.82) is 0 Å². The fourth-order valence-corrected chi connectivity index (χ4v) is 4.51. The van der Waals surface area contributed by atoms with Crippen LogP contribution < -0.4 is 15.0 Å². The highest BCUT2D eigenvalue weighted by molar-refractivity contribution is 6.83. The number of aromatic nitrogens is 2. The normalized spacial score (nSPS) is 13.6. The number of benzene rings is 1. The standard InChI is InChI=1S/C24H23BN3O/c1-16-13-22(27(3)15-20(16)18-9-6-5-7-10-18)25-17(2)14-21-23(28(25)4)19-11-8-12-26-24(19)29-21/h5-15H,1-4H3/q+1. The predicted octanol–water partition coefficient (Wildman–Crippen LogP) is 3.92. The Morgan fingerprint density at radius 2 is 1.86 bits per heavy atom. The summed E-state index contributed by atoms with van der Waals surface area (Å²) in [4.78, 5) is 6.71. The third-order valence-electron chi connectivity index (χ3n) is 5.88. The Balaban J connectivity index is 1.64. The van der Waals surface area contributed by atoms with Gasteiger partial charge in [-0.3, -0.25) is 0 Å². The van der Waals surface area contributed by atoms with Crippen molar-refractivity contribution in [2.45, 2.75) is 13.8 Å². The molecule has 3 aromatic heterocycles. The van der Waals surface area contributed by atoms with E-state index in [1.807, 2.05) is 6.07 Å². The molecule has 4 aromatic rings. The van der Waals surface area contributed by atoms with Crippen LogP contribution >= 0.6 is 0 Å². The zero-order valence-corrected chi connectivity index (χ0v) is 17.2. The molecule has 0 amide bonds. The second kappa shape index (κ2) is 6.62. The second-order valence-corrected chi connectivity index (χ2v) is 7.84. The second-order valence-electron chi connectivity index (χ2n) is 7.84. The molecule has 1 aromatic carbocycles. The van der Waals surface area contributed by atoms with Crippen molar-refractivity contribution >= 4 is 35.3 Å². The number of allylic oxidation sites excluding steroid dienone is 1. The minimum atomic E-state index is 0.136. The molecule has 0 bridgehead atoms. The zero-order chi connectivity index (χ0) is 20.1. The topological polar surface area (TPSA) is 33.2 Å². The lowest BCUT2D eigenvalue weighted by Gasteiger charge is -2.29. The van der Waals surface area contributed by atoms with Crippen LogP contribution in [0.2, 0.25) is 0 Å². The van der Waals surface area contributed by atoms with Gasteiger partial charge >= 0.3 is 6.85 Å². The molecule has 0 aliphatic carbocycles. The number of anilines is 1. The average molecular weight is 380 g/mol. The lowest BCUT2D eigenvalue weighted by Crippen LogP contribution is -2.62. The molecule has 5 rings (SSSR count). The number of rotatable bonds is 2. The Morgan fingerprint density at radius 1 is 1.07 bits per heavy atom. The third kappa shape index (κ3) is 2.77. The number of fused-ring (bicyclic) bond motifs is 3. The summed E-state index contributed by atoms with van der Waals surface area (Å²) in [7, 11) is 4.27. The van der Waals surface area contributed by atoms with Gasteiger partial charge in [0.2, 0.25) is 5.71 Å². The number of furan rings is 1. The molecule has 1 aliphatic rings. The molecule has 4 heterocycles. The van der Waals surface area contributed by atoms with Gasteiger partial charge in [0.1, 0.15) is 7.05 Å². The highest BCUT2D eigenvalue weighted by Crippen LogP contribution is 2.38. The smallest absolute Gasteiger partial charge is 0.399 e. The van der Waals surface area contributed by atoms with E-state index in [9.17, 15) is 0 Å². The Hall–Kier alpha value is -3.34. The molecule has 1 aliphatic heterocycles. The number of aryl methyl sites for hydroxylation is 2. The van der Waals surface area contributed by atoms with Crippen molar-refractivity contribution in [1.82, 2.24) is 4.98 Å². The monoisotopic (exact) mass is 380 g/mol. The molecule has 0 spiro atoms. The first-order valence-corrected chi connectivity index (χ1v) is 9.88. The summed E-state index contributed by atoms with van der Waals surface area (Å²) in [6, 6.07) is 16.9. The van der Waals surface area contributed by atoms with E-state index in [2.05, 4.69) is 97.0 Å². The van der Waals surface area contributed by atoms with Gasteiger partial charge in [-0.2, -0.15) is 0 Å². The van der Waals surface area contributed by atoms with E-state index in [-0.39, 0.29) is 6.85 Å². The summed E-state index contributed by atoms with van der Waals surface area (Å²) in [5.41, 5.74) is 8.07. The molecular weight excluding hydrogens is 357 g/mol. The van der Waals surface area contributed by atoms with Gasteiger partial charge in [-0.1, -0.05) is 35.8 Å². The maximum absolute atomic E-state index is 6.01. The summed E-state index contributed by atoms with van der Waals surface area (Å²) >= 11 is 0. The zero-order valence-electron chi connectivity index (χ0n) is 17.2. The van der Waals surface area contributed by atoms with Crippen molar-refractivity contribution in [2.24, 2.45) is 7.05 Å². The minimum absolute atomic E-state index is 0.136. The summed E-state index contributed by atoms with van der Waals surface area (Å²) in [6.07, 6.45) is 6.17. The summed E-state index contributed by atoms with van der Waals surface area (Å²) in [6.45, 7) is 4.50. The molecule has 4 nitrogen and oxygen atoms in total. The van der Waals surface area contributed by atoms with Gasteiger partial charge in [-0.05, 0) is 50.2 Å². The fourth-order valence-electron chi connectivity index (χ4n) is 4.51. The third-order valence-corrected chi connectivity index (χ3v) is 5.88. The number of hydrogen-bond donors (Lipinski definition) is 0. The summed E-state index contributed by atoms with van der Waals surface area (Å²) in [5, 5.41) is 1.05. The Morgan fingerprint density at radius 3 is 2.66 bits per heavy atom. The van der Waals surface area contributed by atoms with Gasteiger partial charge in [0, 0.05) is 17.8 Å². The molecule has 0 saturated carbocycles. The number of hydrogen-bond acceptors (Lipinski definition) is 3. The quantitative estimate of drug-likeness (QED) is 0.390. The predicted molar refractivity (Wildman–Crippen MR) is 119 cm³/mol. The van der Waals surface area contributed by atoms with E-state index in [4.69, 9.17) is 4.42 Å². The first kappa shape index (κ1) is 17.7. The maximum Gasteiger partial charge on any atom is 0.399 e. The molecular formula is C24H23BN3O+.